The highest BCUT2D eigenvalue weighted by Gasteiger charge is 2.25. The number of hydrogen-bond donors (Lipinski definition) is 1. The molecular formula is C23H26O3. The van der Waals surface area contributed by atoms with Gasteiger partial charge in [0.1, 0.15) is 11.9 Å². The number of hydrogen-bond acceptors (Lipinski definition) is 2. The molecule has 2 rings (SSSR count). The molecule has 2 unspecified atom stereocenters. The summed E-state index contributed by atoms with van der Waals surface area (Å²) >= 11 is 0. The van der Waals surface area contributed by atoms with Crippen LogP contribution >= 0.6 is 0 Å². The van der Waals surface area contributed by atoms with Gasteiger partial charge in [0.15, 0.2) is 0 Å². The van der Waals surface area contributed by atoms with Gasteiger partial charge in [-0.05, 0) is 62.5 Å². The lowest BCUT2D eigenvalue weighted by molar-refractivity contribution is -0.137. The molecule has 3 nitrogen and oxygen atoms in total. The van der Waals surface area contributed by atoms with Crippen molar-refractivity contribution in [2.45, 2.75) is 52.1 Å². The highest BCUT2D eigenvalue weighted by Crippen LogP contribution is 2.33. The molecule has 2 atom stereocenters. The van der Waals surface area contributed by atoms with Crippen LogP contribution in [0.4, 0.5) is 0 Å². The molecule has 0 bridgehead atoms. The predicted octanol–water partition coefficient (Wildman–Crippen LogP) is 5.26. The lowest BCUT2D eigenvalue weighted by atomic mass is 9.96. The summed E-state index contributed by atoms with van der Waals surface area (Å²) in [6.07, 6.45) is 6.06. The Kier molecular flexibility index (Phi) is 6.86. The second-order valence-corrected chi connectivity index (χ2v) is 6.73. The highest BCUT2D eigenvalue weighted by atomic mass is 16.5. The van der Waals surface area contributed by atoms with E-state index in [4.69, 9.17) is 9.84 Å². The first-order valence-corrected chi connectivity index (χ1v) is 8.84. The lowest BCUT2D eigenvalue weighted by Crippen LogP contribution is -2.14. The third-order valence-electron chi connectivity index (χ3n) is 4.32. The van der Waals surface area contributed by atoms with Gasteiger partial charge in [-0.2, -0.15) is 0 Å². The molecule has 0 aromatic heterocycles. The Morgan fingerprint density at radius 3 is 2.65 bits per heavy atom. The Hall–Kier alpha value is -2.73. The first kappa shape index (κ1) is 19.6. The van der Waals surface area contributed by atoms with E-state index in [-0.39, 0.29) is 18.4 Å². The first-order chi connectivity index (χ1) is 12.4. The Labute approximate surface area is 156 Å². The zero-order valence-electron chi connectivity index (χ0n) is 15.7. The SMILES string of the molecule is C=C1CCC(Oc2ccc(C(C#CC)CC(=O)O)cc2)/C1=C/C=C(C)C. The summed E-state index contributed by atoms with van der Waals surface area (Å²) in [5.74, 6) is 5.40. The molecular weight excluding hydrogens is 324 g/mol. The summed E-state index contributed by atoms with van der Waals surface area (Å²) in [5, 5.41) is 9.05. The number of carboxylic acids is 1. The van der Waals surface area contributed by atoms with Crippen molar-refractivity contribution in [1.29, 1.82) is 0 Å². The standard InChI is InChI=1S/C23H26O3/c1-5-6-19(15-23(24)25)18-9-11-20(12-10-18)26-22-14-8-17(4)21(22)13-7-16(2)3/h7,9-13,19,22H,4,8,14-15H2,1-3H3,(H,24,25)/b21-13+. The number of rotatable bonds is 6. The van der Waals surface area contributed by atoms with Crippen molar-refractivity contribution in [2.24, 2.45) is 0 Å². The van der Waals surface area contributed by atoms with E-state index in [0.29, 0.717) is 0 Å². The van der Waals surface area contributed by atoms with E-state index in [1.165, 1.54) is 5.57 Å². The molecule has 1 aliphatic carbocycles. The minimum absolute atomic E-state index is 0.000910. The van der Waals surface area contributed by atoms with Crippen molar-refractivity contribution in [3.8, 4) is 17.6 Å². The monoisotopic (exact) mass is 350 g/mol. The third kappa shape index (κ3) is 5.39. The molecule has 26 heavy (non-hydrogen) atoms. The second kappa shape index (κ2) is 9.10. The summed E-state index contributed by atoms with van der Waals surface area (Å²) < 4.78 is 6.16. The first-order valence-electron chi connectivity index (χ1n) is 8.84. The summed E-state index contributed by atoms with van der Waals surface area (Å²) in [6.45, 7) is 10.00. The Bertz CT molecular complexity index is 781. The van der Waals surface area contributed by atoms with Crippen LogP contribution in [0.3, 0.4) is 0 Å². The van der Waals surface area contributed by atoms with Gasteiger partial charge in [0.2, 0.25) is 0 Å². The maximum absolute atomic E-state index is 11.0. The Morgan fingerprint density at radius 2 is 2.08 bits per heavy atom. The molecule has 0 amide bonds. The molecule has 1 N–H and O–H groups in total. The average Bonchev–Trinajstić information content (AvgIpc) is 2.92. The molecule has 1 aromatic carbocycles. The minimum Gasteiger partial charge on any atom is -0.486 e. The number of carboxylic acid groups (broad SMARTS) is 1. The molecule has 3 heteroatoms. The topological polar surface area (TPSA) is 46.5 Å². The normalized spacial score (nSPS) is 18.8. The van der Waals surface area contributed by atoms with Crippen molar-refractivity contribution in [3.63, 3.8) is 0 Å². The van der Waals surface area contributed by atoms with Crippen LogP contribution in [0.1, 0.15) is 51.5 Å². The van der Waals surface area contributed by atoms with Gasteiger partial charge in [-0.15, -0.1) is 5.92 Å². The average molecular weight is 350 g/mol. The number of aliphatic carboxylic acids is 1. The summed E-state index contributed by atoms with van der Waals surface area (Å²) in [6, 6.07) is 7.58. The fourth-order valence-corrected chi connectivity index (χ4v) is 2.98. The fourth-order valence-electron chi connectivity index (χ4n) is 2.98. The molecule has 1 saturated carbocycles. The van der Waals surface area contributed by atoms with Gasteiger partial charge in [-0.25, -0.2) is 0 Å². The molecule has 1 aromatic rings. The Balaban J connectivity index is 2.14. The van der Waals surface area contributed by atoms with Crippen LogP contribution < -0.4 is 4.74 Å². The largest absolute Gasteiger partial charge is 0.486 e. The van der Waals surface area contributed by atoms with Crippen molar-refractivity contribution in [3.05, 3.63) is 65.3 Å². The molecule has 1 fully saturated rings. The van der Waals surface area contributed by atoms with E-state index in [0.717, 1.165) is 35.3 Å². The van der Waals surface area contributed by atoms with Gasteiger partial charge >= 0.3 is 5.97 Å². The van der Waals surface area contributed by atoms with Gasteiger partial charge in [-0.3, -0.25) is 4.79 Å². The highest BCUT2D eigenvalue weighted by molar-refractivity contribution is 5.69. The maximum Gasteiger partial charge on any atom is 0.304 e. The summed E-state index contributed by atoms with van der Waals surface area (Å²) in [4.78, 5) is 11.0. The van der Waals surface area contributed by atoms with Crippen molar-refractivity contribution < 1.29 is 14.6 Å². The van der Waals surface area contributed by atoms with Crippen molar-refractivity contribution in [2.75, 3.05) is 0 Å². The van der Waals surface area contributed by atoms with Crippen LogP contribution in [0.5, 0.6) is 5.75 Å². The maximum atomic E-state index is 11.0. The minimum atomic E-state index is -0.850. The zero-order chi connectivity index (χ0) is 19.1. The quantitative estimate of drug-likeness (QED) is 0.712. The van der Waals surface area contributed by atoms with E-state index in [1.54, 1.807) is 6.92 Å². The molecule has 1 aliphatic rings. The molecule has 136 valence electrons. The van der Waals surface area contributed by atoms with Crippen LogP contribution in [0, 0.1) is 11.8 Å². The molecule has 0 saturated heterocycles. The van der Waals surface area contributed by atoms with Crippen molar-refractivity contribution >= 4 is 5.97 Å². The van der Waals surface area contributed by atoms with E-state index < -0.39 is 5.97 Å². The predicted molar refractivity (Wildman–Crippen MR) is 105 cm³/mol. The molecule has 0 aliphatic heterocycles. The number of ether oxygens (including phenoxy) is 1. The van der Waals surface area contributed by atoms with Crippen molar-refractivity contribution in [1.82, 2.24) is 0 Å². The summed E-state index contributed by atoms with van der Waals surface area (Å²) in [5.41, 5.74) is 4.41. The van der Waals surface area contributed by atoms with E-state index in [2.05, 4.69) is 44.4 Å². The number of allylic oxidation sites excluding steroid dienone is 3. The van der Waals surface area contributed by atoms with Gasteiger partial charge in [0, 0.05) is 0 Å². The van der Waals surface area contributed by atoms with Crippen LogP contribution in [0.2, 0.25) is 0 Å². The summed E-state index contributed by atoms with van der Waals surface area (Å²) in [7, 11) is 0. The Morgan fingerprint density at radius 1 is 1.38 bits per heavy atom. The van der Waals surface area contributed by atoms with Crippen LogP contribution in [0.25, 0.3) is 0 Å². The van der Waals surface area contributed by atoms with E-state index in [9.17, 15) is 4.79 Å². The van der Waals surface area contributed by atoms with E-state index >= 15 is 0 Å². The van der Waals surface area contributed by atoms with Crippen LogP contribution in [-0.4, -0.2) is 17.2 Å². The third-order valence-corrected chi connectivity index (χ3v) is 4.32. The van der Waals surface area contributed by atoms with E-state index in [1.807, 2.05) is 24.3 Å². The smallest absolute Gasteiger partial charge is 0.304 e. The number of benzene rings is 1. The fraction of sp³-hybridized carbons (Fsp3) is 0.348. The van der Waals surface area contributed by atoms with Gasteiger partial charge < -0.3 is 9.84 Å². The number of carbonyl (C=O) groups is 1. The van der Waals surface area contributed by atoms with Crippen LogP contribution in [0.15, 0.2) is 59.7 Å². The van der Waals surface area contributed by atoms with Gasteiger partial charge in [0.25, 0.3) is 0 Å². The molecule has 0 radical (unpaired) electrons. The molecule has 0 spiro atoms. The second-order valence-electron chi connectivity index (χ2n) is 6.73. The van der Waals surface area contributed by atoms with Gasteiger partial charge in [0.05, 0.1) is 12.3 Å². The molecule has 0 heterocycles. The van der Waals surface area contributed by atoms with Gasteiger partial charge in [-0.1, -0.05) is 42.4 Å². The van der Waals surface area contributed by atoms with Crippen LogP contribution in [-0.2, 0) is 4.79 Å². The lowest BCUT2D eigenvalue weighted by Gasteiger charge is -2.16. The zero-order valence-corrected chi connectivity index (χ0v) is 15.7.